The Labute approximate surface area is 190 Å². The molecule has 160 valence electrons. The van der Waals surface area contributed by atoms with Crippen molar-refractivity contribution < 1.29 is 14.0 Å². The Morgan fingerprint density at radius 2 is 2.07 bits per heavy atom. The van der Waals surface area contributed by atoms with Gasteiger partial charge in [0.2, 0.25) is 11.7 Å². The minimum absolute atomic E-state index is 0.0747. The van der Waals surface area contributed by atoms with Crippen LogP contribution in [-0.2, 0) is 4.79 Å². The van der Waals surface area contributed by atoms with Crippen molar-refractivity contribution in [1.82, 2.24) is 24.6 Å². The number of carbonyl (C=O) groups is 2. The number of carbonyl (C=O) groups excluding carboxylic acids is 2. The summed E-state index contributed by atoms with van der Waals surface area (Å²) in [4.78, 5) is 30.9. The maximum Gasteiger partial charge on any atom is 0.265 e. The molecule has 0 fully saturated rings. The molecule has 0 aliphatic rings. The van der Waals surface area contributed by atoms with Crippen LogP contribution in [0.4, 0.5) is 5.13 Å². The van der Waals surface area contributed by atoms with Crippen LogP contribution < -0.4 is 5.32 Å². The van der Waals surface area contributed by atoms with Crippen molar-refractivity contribution in [3.63, 3.8) is 0 Å². The fourth-order valence-electron chi connectivity index (χ4n) is 2.58. The SMILES string of the molecule is Cc1nc(NC(=O)CSc2nnc(-c3ccc(Br)o3)n2C(C)C)sc1C(=O)N(C)C. The van der Waals surface area contributed by atoms with Crippen LogP contribution in [0.15, 0.2) is 26.4 Å². The molecule has 0 bridgehead atoms. The number of hydrogen-bond acceptors (Lipinski definition) is 8. The average Bonchev–Trinajstić information content (AvgIpc) is 3.37. The topological polar surface area (TPSA) is 106 Å². The van der Waals surface area contributed by atoms with Crippen molar-refractivity contribution >= 4 is 56.0 Å². The predicted molar refractivity (Wildman–Crippen MR) is 120 cm³/mol. The molecule has 0 atom stereocenters. The van der Waals surface area contributed by atoms with Gasteiger partial charge in [-0.2, -0.15) is 0 Å². The third kappa shape index (κ3) is 4.93. The molecule has 0 unspecified atom stereocenters. The van der Waals surface area contributed by atoms with E-state index in [2.05, 4.69) is 36.4 Å². The number of hydrogen-bond donors (Lipinski definition) is 1. The Bertz CT molecular complexity index is 1070. The Morgan fingerprint density at radius 3 is 2.67 bits per heavy atom. The zero-order valence-electron chi connectivity index (χ0n) is 17.1. The van der Waals surface area contributed by atoms with E-state index in [0.29, 0.717) is 37.1 Å². The van der Waals surface area contributed by atoms with Crippen LogP contribution in [0.1, 0.15) is 35.3 Å². The summed E-state index contributed by atoms with van der Waals surface area (Å²) in [6, 6.07) is 3.68. The van der Waals surface area contributed by atoms with Gasteiger partial charge in [-0.15, -0.1) is 10.2 Å². The average molecular weight is 513 g/mol. The maximum absolute atomic E-state index is 12.4. The van der Waals surface area contributed by atoms with Crippen molar-refractivity contribution in [3.8, 4) is 11.6 Å². The van der Waals surface area contributed by atoms with Crippen LogP contribution in [0.3, 0.4) is 0 Å². The van der Waals surface area contributed by atoms with Crippen molar-refractivity contribution in [2.75, 3.05) is 25.2 Å². The van der Waals surface area contributed by atoms with Crippen molar-refractivity contribution in [2.45, 2.75) is 32.0 Å². The van der Waals surface area contributed by atoms with Crippen LogP contribution >= 0.6 is 39.0 Å². The molecule has 0 radical (unpaired) electrons. The molecular weight excluding hydrogens is 492 g/mol. The molecule has 3 aromatic heterocycles. The number of nitrogens with zero attached hydrogens (tertiary/aromatic N) is 5. The molecule has 1 N–H and O–H groups in total. The normalized spacial score (nSPS) is 11.2. The van der Waals surface area contributed by atoms with E-state index in [1.165, 1.54) is 16.7 Å². The predicted octanol–water partition coefficient (Wildman–Crippen LogP) is 4.08. The van der Waals surface area contributed by atoms with Crippen molar-refractivity contribution in [2.24, 2.45) is 0 Å². The first-order valence-electron chi connectivity index (χ1n) is 8.99. The third-order valence-electron chi connectivity index (χ3n) is 3.95. The summed E-state index contributed by atoms with van der Waals surface area (Å²) in [7, 11) is 3.36. The highest BCUT2D eigenvalue weighted by molar-refractivity contribution is 9.10. The van der Waals surface area contributed by atoms with Gasteiger partial charge in [-0.25, -0.2) is 4.98 Å². The molecule has 0 saturated carbocycles. The van der Waals surface area contributed by atoms with E-state index >= 15 is 0 Å². The molecule has 2 amide bonds. The molecule has 12 heteroatoms. The van der Waals surface area contributed by atoms with E-state index < -0.39 is 0 Å². The number of rotatable bonds is 7. The van der Waals surface area contributed by atoms with Gasteiger partial charge >= 0.3 is 0 Å². The monoisotopic (exact) mass is 512 g/mol. The van der Waals surface area contributed by atoms with E-state index in [9.17, 15) is 9.59 Å². The van der Waals surface area contributed by atoms with E-state index in [1.807, 2.05) is 24.5 Å². The Morgan fingerprint density at radius 1 is 1.33 bits per heavy atom. The number of halogens is 1. The van der Waals surface area contributed by atoms with Crippen LogP contribution in [0.2, 0.25) is 0 Å². The van der Waals surface area contributed by atoms with Crippen LogP contribution in [0.25, 0.3) is 11.6 Å². The second-order valence-electron chi connectivity index (χ2n) is 6.84. The second kappa shape index (κ2) is 9.31. The second-order valence-corrected chi connectivity index (χ2v) is 9.57. The molecule has 0 aliphatic carbocycles. The highest BCUT2D eigenvalue weighted by Crippen LogP contribution is 2.30. The van der Waals surface area contributed by atoms with E-state index in [0.717, 1.165) is 11.3 Å². The summed E-state index contributed by atoms with van der Waals surface area (Å²) < 4.78 is 8.12. The number of nitrogens with one attached hydrogen (secondary N) is 1. The molecule has 9 nitrogen and oxygen atoms in total. The minimum atomic E-state index is -0.238. The summed E-state index contributed by atoms with van der Waals surface area (Å²) in [6.45, 7) is 5.77. The fourth-order valence-corrected chi connectivity index (χ4v) is 4.76. The lowest BCUT2D eigenvalue weighted by atomic mass is 10.3. The van der Waals surface area contributed by atoms with Crippen LogP contribution in [0.5, 0.6) is 0 Å². The first-order valence-corrected chi connectivity index (χ1v) is 11.6. The van der Waals surface area contributed by atoms with Gasteiger partial charge in [0.25, 0.3) is 5.91 Å². The van der Waals surface area contributed by atoms with Gasteiger partial charge in [-0.1, -0.05) is 23.1 Å². The van der Waals surface area contributed by atoms with E-state index in [4.69, 9.17) is 4.42 Å². The molecule has 0 saturated heterocycles. The van der Waals surface area contributed by atoms with Gasteiger partial charge in [0.1, 0.15) is 4.88 Å². The van der Waals surface area contributed by atoms with Crippen LogP contribution in [0, 0.1) is 6.92 Å². The Hall–Kier alpha value is -2.18. The summed E-state index contributed by atoms with van der Waals surface area (Å²) in [5, 5.41) is 12.2. The summed E-state index contributed by atoms with van der Waals surface area (Å²) in [5.74, 6) is 0.944. The molecule has 0 spiro atoms. The number of anilines is 1. The van der Waals surface area contributed by atoms with E-state index in [1.54, 1.807) is 27.1 Å². The van der Waals surface area contributed by atoms with Gasteiger partial charge in [-0.3, -0.25) is 14.2 Å². The van der Waals surface area contributed by atoms with Crippen LogP contribution in [-0.4, -0.2) is 56.3 Å². The van der Waals surface area contributed by atoms with E-state index in [-0.39, 0.29) is 23.6 Å². The highest BCUT2D eigenvalue weighted by atomic mass is 79.9. The number of furan rings is 1. The van der Waals surface area contributed by atoms with Gasteiger partial charge in [0.15, 0.2) is 20.7 Å². The van der Waals surface area contributed by atoms with Crippen molar-refractivity contribution in [3.05, 3.63) is 27.4 Å². The quantitative estimate of drug-likeness (QED) is 0.475. The summed E-state index contributed by atoms with van der Waals surface area (Å²) in [6.07, 6.45) is 0. The first kappa shape index (κ1) is 22.5. The fraction of sp³-hybridized carbons (Fsp3) is 0.389. The zero-order chi connectivity index (χ0) is 22.0. The highest BCUT2D eigenvalue weighted by Gasteiger charge is 2.21. The largest absolute Gasteiger partial charge is 0.446 e. The van der Waals surface area contributed by atoms with Crippen molar-refractivity contribution in [1.29, 1.82) is 0 Å². The molecular formula is C18H21BrN6O3S2. The van der Waals surface area contributed by atoms with Gasteiger partial charge < -0.3 is 14.6 Å². The number of thioether (sulfide) groups is 1. The number of aryl methyl sites for hydroxylation is 1. The minimum Gasteiger partial charge on any atom is -0.446 e. The number of aromatic nitrogens is 4. The smallest absolute Gasteiger partial charge is 0.265 e. The lowest BCUT2D eigenvalue weighted by Crippen LogP contribution is -2.21. The Kier molecular flexibility index (Phi) is 6.98. The molecule has 30 heavy (non-hydrogen) atoms. The summed E-state index contributed by atoms with van der Waals surface area (Å²) >= 11 is 5.73. The molecule has 0 aromatic carbocycles. The van der Waals surface area contributed by atoms with Gasteiger partial charge in [0.05, 0.1) is 11.4 Å². The molecule has 3 aromatic rings. The zero-order valence-corrected chi connectivity index (χ0v) is 20.3. The summed E-state index contributed by atoms with van der Waals surface area (Å²) in [5.41, 5.74) is 0.593. The van der Waals surface area contributed by atoms with Gasteiger partial charge in [-0.05, 0) is 48.8 Å². The lowest BCUT2D eigenvalue weighted by Gasteiger charge is -2.12. The Balaban J connectivity index is 1.69. The third-order valence-corrected chi connectivity index (χ3v) is 6.38. The first-order chi connectivity index (χ1) is 14.2. The number of amides is 2. The van der Waals surface area contributed by atoms with Gasteiger partial charge in [0, 0.05) is 20.1 Å². The molecule has 3 heterocycles. The lowest BCUT2D eigenvalue weighted by molar-refractivity contribution is -0.113. The standard InChI is InChI=1S/C18H21BrN6O3S2/c1-9(2)25-15(11-6-7-12(19)28-11)22-23-18(25)29-8-13(26)21-17-20-10(3)14(30-17)16(27)24(4)5/h6-7,9H,8H2,1-5H3,(H,20,21,26). The number of thiazole rings is 1. The molecule has 3 rings (SSSR count). The molecule has 0 aliphatic heterocycles. The maximum atomic E-state index is 12.4.